The number of benzene rings is 1. The van der Waals surface area contributed by atoms with Crippen molar-refractivity contribution in [3.63, 3.8) is 0 Å². The van der Waals surface area contributed by atoms with Crippen molar-refractivity contribution in [2.24, 2.45) is 0 Å². The Kier molecular flexibility index (Phi) is 4.52. The van der Waals surface area contributed by atoms with Crippen LogP contribution < -0.4 is 14.2 Å². The molecule has 1 N–H and O–H groups in total. The van der Waals surface area contributed by atoms with E-state index in [-0.39, 0.29) is 5.92 Å². The van der Waals surface area contributed by atoms with Crippen molar-refractivity contribution in [3.8, 4) is 17.2 Å². The zero-order valence-corrected chi connectivity index (χ0v) is 12.3. The van der Waals surface area contributed by atoms with Gasteiger partial charge in [-0.25, -0.2) is 4.79 Å². The number of hydrogen-bond acceptors (Lipinski definition) is 4. The zero-order valence-electron chi connectivity index (χ0n) is 12.3. The van der Waals surface area contributed by atoms with Crippen LogP contribution in [-0.2, 0) is 4.79 Å². The lowest BCUT2D eigenvalue weighted by Crippen LogP contribution is -2.10. The number of carboxylic acid groups (broad SMARTS) is 1. The van der Waals surface area contributed by atoms with E-state index in [2.05, 4.69) is 0 Å². The highest BCUT2D eigenvalue weighted by Gasteiger charge is 2.25. The van der Waals surface area contributed by atoms with Crippen LogP contribution in [0.3, 0.4) is 0 Å². The van der Waals surface area contributed by atoms with Crippen molar-refractivity contribution in [1.29, 1.82) is 0 Å². The molecule has 0 saturated heterocycles. The summed E-state index contributed by atoms with van der Waals surface area (Å²) >= 11 is 0. The molecule has 1 aliphatic carbocycles. The van der Waals surface area contributed by atoms with E-state index < -0.39 is 5.97 Å². The topological polar surface area (TPSA) is 65.0 Å². The van der Waals surface area contributed by atoms with Crippen LogP contribution in [0.25, 0.3) is 0 Å². The second kappa shape index (κ2) is 6.35. The molecule has 21 heavy (non-hydrogen) atoms. The summed E-state index contributed by atoms with van der Waals surface area (Å²) in [5.41, 5.74) is 1.19. The molecule has 112 valence electrons. The van der Waals surface area contributed by atoms with E-state index in [4.69, 9.17) is 19.3 Å². The average Bonchev–Trinajstić information content (AvgIpc) is 2.53. The molecule has 1 unspecified atom stereocenters. The molecule has 0 spiro atoms. The molecule has 0 heterocycles. The van der Waals surface area contributed by atoms with Gasteiger partial charge in [0.15, 0.2) is 0 Å². The number of allylic oxidation sites excluding steroid dienone is 3. The van der Waals surface area contributed by atoms with Crippen LogP contribution in [0, 0.1) is 0 Å². The van der Waals surface area contributed by atoms with Gasteiger partial charge in [0.1, 0.15) is 17.2 Å². The summed E-state index contributed by atoms with van der Waals surface area (Å²) < 4.78 is 16.1. The molecular weight excluding hydrogens is 272 g/mol. The van der Waals surface area contributed by atoms with Crippen LogP contribution in [0.5, 0.6) is 17.2 Å². The number of ether oxygens (including phenoxy) is 3. The summed E-state index contributed by atoms with van der Waals surface area (Å²) in [6.45, 7) is 0. The third-order valence-electron chi connectivity index (χ3n) is 3.48. The zero-order chi connectivity index (χ0) is 15.4. The van der Waals surface area contributed by atoms with E-state index in [1.54, 1.807) is 45.6 Å². The smallest absolute Gasteiger partial charge is 0.331 e. The molecule has 0 bridgehead atoms. The monoisotopic (exact) mass is 290 g/mol. The molecular formula is C16H18O5. The molecule has 0 radical (unpaired) electrons. The summed E-state index contributed by atoms with van der Waals surface area (Å²) in [4.78, 5) is 11.2. The summed E-state index contributed by atoms with van der Waals surface area (Å²) in [7, 11) is 4.70. The molecule has 1 aliphatic rings. The van der Waals surface area contributed by atoms with Gasteiger partial charge in [-0.15, -0.1) is 0 Å². The first-order valence-electron chi connectivity index (χ1n) is 6.51. The molecule has 2 rings (SSSR count). The summed E-state index contributed by atoms with van der Waals surface area (Å²) in [6, 6.07) is 3.54. The van der Waals surface area contributed by atoms with Gasteiger partial charge >= 0.3 is 5.97 Å². The van der Waals surface area contributed by atoms with E-state index >= 15 is 0 Å². The van der Waals surface area contributed by atoms with E-state index in [0.29, 0.717) is 29.2 Å². The predicted octanol–water partition coefficient (Wildman–Crippen LogP) is 2.77. The minimum atomic E-state index is -0.907. The third-order valence-corrected chi connectivity index (χ3v) is 3.48. The first-order chi connectivity index (χ1) is 10.1. The standard InChI is InChI=1S/C16H18O5/c1-19-12-8-13(20-2)15(14(9-12)21-3)10-5-4-6-11(7-10)16(17)18/h4-6,8-10H,7H2,1-3H3,(H,17,18). The van der Waals surface area contributed by atoms with E-state index in [1.807, 2.05) is 6.08 Å². The van der Waals surface area contributed by atoms with Crippen molar-refractivity contribution < 1.29 is 24.1 Å². The van der Waals surface area contributed by atoms with Crippen molar-refractivity contribution in [1.82, 2.24) is 0 Å². The Bertz CT molecular complexity index is 576. The lowest BCUT2D eigenvalue weighted by atomic mass is 9.87. The normalized spacial score (nSPS) is 17.1. The Balaban J connectivity index is 2.46. The van der Waals surface area contributed by atoms with Gasteiger partial charge in [0, 0.05) is 29.2 Å². The van der Waals surface area contributed by atoms with Gasteiger partial charge in [0.25, 0.3) is 0 Å². The number of carbonyl (C=O) groups is 1. The summed E-state index contributed by atoms with van der Waals surface area (Å²) in [5, 5.41) is 9.15. The maximum Gasteiger partial charge on any atom is 0.331 e. The van der Waals surface area contributed by atoms with Gasteiger partial charge < -0.3 is 19.3 Å². The van der Waals surface area contributed by atoms with Crippen molar-refractivity contribution in [2.45, 2.75) is 12.3 Å². The highest BCUT2D eigenvalue weighted by atomic mass is 16.5. The first kappa shape index (κ1) is 15.0. The van der Waals surface area contributed by atoms with Gasteiger partial charge in [0.05, 0.1) is 21.3 Å². The molecule has 0 amide bonds. The van der Waals surface area contributed by atoms with Gasteiger partial charge in [-0.1, -0.05) is 18.2 Å². The molecule has 0 aromatic heterocycles. The van der Waals surface area contributed by atoms with Crippen LogP contribution >= 0.6 is 0 Å². The minimum Gasteiger partial charge on any atom is -0.496 e. The Labute approximate surface area is 123 Å². The molecule has 1 aromatic carbocycles. The Morgan fingerprint density at radius 3 is 2.24 bits per heavy atom. The van der Waals surface area contributed by atoms with Gasteiger partial charge in [0.2, 0.25) is 0 Å². The van der Waals surface area contributed by atoms with Crippen molar-refractivity contribution in [2.75, 3.05) is 21.3 Å². The van der Waals surface area contributed by atoms with Crippen LogP contribution in [-0.4, -0.2) is 32.4 Å². The summed E-state index contributed by atoms with van der Waals surface area (Å²) in [6.07, 6.45) is 5.70. The Morgan fingerprint density at radius 2 is 1.76 bits per heavy atom. The van der Waals surface area contributed by atoms with E-state index in [0.717, 1.165) is 5.56 Å². The minimum absolute atomic E-state index is 0.114. The maximum absolute atomic E-state index is 11.2. The quantitative estimate of drug-likeness (QED) is 0.903. The molecule has 5 heteroatoms. The van der Waals surface area contributed by atoms with Crippen LogP contribution in [0.4, 0.5) is 0 Å². The highest BCUT2D eigenvalue weighted by molar-refractivity contribution is 5.87. The number of rotatable bonds is 5. The molecule has 0 saturated carbocycles. The third kappa shape index (κ3) is 3.02. The fourth-order valence-corrected chi connectivity index (χ4v) is 2.43. The molecule has 5 nitrogen and oxygen atoms in total. The van der Waals surface area contributed by atoms with E-state index in [9.17, 15) is 4.79 Å². The number of methoxy groups -OCH3 is 3. The number of carboxylic acids is 1. The lowest BCUT2D eigenvalue weighted by molar-refractivity contribution is -0.132. The van der Waals surface area contributed by atoms with Crippen molar-refractivity contribution in [3.05, 3.63) is 41.5 Å². The lowest BCUT2D eigenvalue weighted by Gasteiger charge is -2.22. The first-order valence-corrected chi connectivity index (χ1v) is 6.51. The van der Waals surface area contributed by atoms with Crippen LogP contribution in [0.1, 0.15) is 17.9 Å². The van der Waals surface area contributed by atoms with Gasteiger partial charge in [-0.3, -0.25) is 0 Å². The Hall–Kier alpha value is -2.43. The highest BCUT2D eigenvalue weighted by Crippen LogP contribution is 2.43. The largest absolute Gasteiger partial charge is 0.496 e. The predicted molar refractivity (Wildman–Crippen MR) is 78.3 cm³/mol. The second-order valence-electron chi connectivity index (χ2n) is 4.64. The maximum atomic E-state index is 11.2. The molecule has 0 aliphatic heterocycles. The summed E-state index contributed by atoms with van der Waals surface area (Å²) in [5.74, 6) is 0.842. The molecule has 1 atom stereocenters. The SMILES string of the molecule is COc1cc(OC)c(C2C=CC=C(C(=O)O)C2)c(OC)c1. The van der Waals surface area contributed by atoms with Gasteiger partial charge in [-0.2, -0.15) is 0 Å². The van der Waals surface area contributed by atoms with Crippen LogP contribution in [0.2, 0.25) is 0 Å². The number of hydrogen-bond donors (Lipinski definition) is 1. The van der Waals surface area contributed by atoms with Crippen molar-refractivity contribution >= 4 is 5.97 Å². The molecule has 0 fully saturated rings. The van der Waals surface area contributed by atoms with Crippen LogP contribution in [0.15, 0.2) is 35.9 Å². The number of aliphatic carboxylic acids is 1. The second-order valence-corrected chi connectivity index (χ2v) is 4.64. The fraction of sp³-hybridized carbons (Fsp3) is 0.312. The fourth-order valence-electron chi connectivity index (χ4n) is 2.43. The van der Waals surface area contributed by atoms with E-state index in [1.165, 1.54) is 0 Å². The molecule has 1 aromatic rings. The average molecular weight is 290 g/mol. The van der Waals surface area contributed by atoms with Gasteiger partial charge in [-0.05, 0) is 6.42 Å². The Morgan fingerprint density at radius 1 is 1.14 bits per heavy atom.